The zero-order valence-corrected chi connectivity index (χ0v) is 22.1. The van der Waals surface area contributed by atoms with Crippen LogP contribution in [0.25, 0.3) is 0 Å². The van der Waals surface area contributed by atoms with Crippen LogP contribution in [-0.2, 0) is 6.42 Å². The molecule has 0 fully saturated rings. The van der Waals surface area contributed by atoms with Crippen LogP contribution >= 0.6 is 0 Å². The SMILES string of the molecule is CCCCCCCCCCCCCCc1ccc(NCCCCCCCCCCC)cc1. The maximum atomic E-state index is 3.61. The highest BCUT2D eigenvalue weighted by Crippen LogP contribution is 2.15. The summed E-state index contributed by atoms with van der Waals surface area (Å²) in [6.07, 6.45) is 31.0. The Kier molecular flexibility index (Phi) is 21.1. The summed E-state index contributed by atoms with van der Waals surface area (Å²) < 4.78 is 0. The lowest BCUT2D eigenvalue weighted by molar-refractivity contribution is 0.544. The van der Waals surface area contributed by atoms with Gasteiger partial charge in [0.15, 0.2) is 0 Å². The van der Waals surface area contributed by atoms with Gasteiger partial charge < -0.3 is 5.32 Å². The van der Waals surface area contributed by atoms with Crippen molar-refractivity contribution in [3.05, 3.63) is 29.8 Å². The standard InChI is InChI=1S/C31H57N/c1-3-5-7-9-11-13-14-15-16-18-20-22-24-30-25-27-31(28-26-30)32-29-23-21-19-17-12-10-8-6-4-2/h25-28,32H,3-24,29H2,1-2H3. The summed E-state index contributed by atoms with van der Waals surface area (Å²) in [7, 11) is 0. The van der Waals surface area contributed by atoms with Crippen LogP contribution in [0.1, 0.15) is 154 Å². The highest BCUT2D eigenvalue weighted by molar-refractivity contribution is 5.44. The third-order valence-corrected chi connectivity index (χ3v) is 6.88. The minimum atomic E-state index is 1.12. The van der Waals surface area contributed by atoms with Crippen molar-refractivity contribution in [3.63, 3.8) is 0 Å². The van der Waals surface area contributed by atoms with E-state index in [2.05, 4.69) is 43.4 Å². The quantitative estimate of drug-likeness (QED) is 0.157. The Bertz CT molecular complexity index is 478. The highest BCUT2D eigenvalue weighted by Gasteiger charge is 1.98. The number of unbranched alkanes of at least 4 members (excludes halogenated alkanes) is 19. The molecule has 0 unspecified atom stereocenters. The van der Waals surface area contributed by atoms with Gasteiger partial charge in [0.25, 0.3) is 0 Å². The molecule has 1 N–H and O–H groups in total. The van der Waals surface area contributed by atoms with Gasteiger partial charge in [-0.05, 0) is 37.0 Å². The molecule has 1 aromatic carbocycles. The Hall–Kier alpha value is -0.980. The Morgan fingerprint density at radius 2 is 0.812 bits per heavy atom. The first kappa shape index (κ1) is 29.1. The molecule has 0 aliphatic heterocycles. The lowest BCUT2D eigenvalue weighted by atomic mass is 10.0. The number of hydrogen-bond donors (Lipinski definition) is 1. The Labute approximate surface area is 202 Å². The minimum absolute atomic E-state index is 1.12. The van der Waals surface area contributed by atoms with Gasteiger partial charge in [-0.2, -0.15) is 0 Å². The fourth-order valence-corrected chi connectivity index (χ4v) is 4.63. The van der Waals surface area contributed by atoms with Gasteiger partial charge in [0.2, 0.25) is 0 Å². The lowest BCUT2D eigenvalue weighted by Gasteiger charge is -2.08. The number of rotatable bonds is 24. The van der Waals surface area contributed by atoms with Crippen molar-refractivity contribution < 1.29 is 0 Å². The van der Waals surface area contributed by atoms with Crippen molar-refractivity contribution in [2.45, 2.75) is 155 Å². The van der Waals surface area contributed by atoms with E-state index in [4.69, 9.17) is 0 Å². The van der Waals surface area contributed by atoms with E-state index >= 15 is 0 Å². The average molecular weight is 444 g/mol. The molecule has 0 radical (unpaired) electrons. The predicted molar refractivity (Wildman–Crippen MR) is 147 cm³/mol. The average Bonchev–Trinajstić information content (AvgIpc) is 2.82. The molecule has 1 rings (SSSR count). The first-order valence-corrected chi connectivity index (χ1v) is 14.7. The molecule has 0 aliphatic carbocycles. The number of anilines is 1. The smallest absolute Gasteiger partial charge is 0.0340 e. The molecule has 0 spiro atoms. The lowest BCUT2D eigenvalue weighted by Crippen LogP contribution is -2.01. The summed E-state index contributed by atoms with van der Waals surface area (Å²) in [5, 5.41) is 3.61. The zero-order valence-electron chi connectivity index (χ0n) is 22.1. The fourth-order valence-electron chi connectivity index (χ4n) is 4.63. The summed E-state index contributed by atoms with van der Waals surface area (Å²) >= 11 is 0. The van der Waals surface area contributed by atoms with Gasteiger partial charge in [0.1, 0.15) is 0 Å². The van der Waals surface area contributed by atoms with Crippen molar-refractivity contribution in [1.82, 2.24) is 0 Å². The van der Waals surface area contributed by atoms with E-state index in [1.54, 1.807) is 0 Å². The Balaban J connectivity index is 1.89. The van der Waals surface area contributed by atoms with Crippen LogP contribution in [0.3, 0.4) is 0 Å². The van der Waals surface area contributed by atoms with Crippen LogP contribution < -0.4 is 5.32 Å². The molecule has 0 aliphatic rings. The summed E-state index contributed by atoms with van der Waals surface area (Å²) in [6, 6.07) is 9.22. The topological polar surface area (TPSA) is 12.0 Å². The monoisotopic (exact) mass is 443 g/mol. The van der Waals surface area contributed by atoms with Crippen molar-refractivity contribution in [2.75, 3.05) is 11.9 Å². The van der Waals surface area contributed by atoms with Crippen molar-refractivity contribution in [3.8, 4) is 0 Å². The van der Waals surface area contributed by atoms with E-state index < -0.39 is 0 Å². The van der Waals surface area contributed by atoms with Crippen molar-refractivity contribution in [2.24, 2.45) is 0 Å². The van der Waals surface area contributed by atoms with Crippen LogP contribution in [0.5, 0.6) is 0 Å². The molecule has 0 heterocycles. The third kappa shape index (κ3) is 18.6. The third-order valence-electron chi connectivity index (χ3n) is 6.88. The molecule has 0 bridgehead atoms. The largest absolute Gasteiger partial charge is 0.385 e. The fraction of sp³-hybridized carbons (Fsp3) is 0.806. The molecule has 32 heavy (non-hydrogen) atoms. The molecule has 0 atom stereocenters. The number of hydrogen-bond acceptors (Lipinski definition) is 1. The number of benzene rings is 1. The zero-order chi connectivity index (χ0) is 23.0. The van der Waals surface area contributed by atoms with Gasteiger partial charge in [0.05, 0.1) is 0 Å². The second kappa shape index (κ2) is 23.2. The summed E-state index contributed by atoms with van der Waals surface area (Å²) in [4.78, 5) is 0. The molecular formula is C31H57N. The van der Waals surface area contributed by atoms with E-state index in [0.717, 1.165) is 6.54 Å². The van der Waals surface area contributed by atoms with Crippen molar-refractivity contribution >= 4 is 5.69 Å². The molecule has 0 aromatic heterocycles. The molecule has 0 saturated carbocycles. The van der Waals surface area contributed by atoms with Gasteiger partial charge in [-0.15, -0.1) is 0 Å². The second-order valence-corrected chi connectivity index (χ2v) is 10.1. The van der Waals surface area contributed by atoms with Gasteiger partial charge in [0, 0.05) is 12.2 Å². The van der Waals surface area contributed by atoms with E-state index in [1.165, 1.54) is 153 Å². The maximum Gasteiger partial charge on any atom is 0.0340 e. The first-order valence-electron chi connectivity index (χ1n) is 14.7. The summed E-state index contributed by atoms with van der Waals surface area (Å²) in [6.45, 7) is 5.71. The van der Waals surface area contributed by atoms with Gasteiger partial charge in [-0.3, -0.25) is 0 Å². The second-order valence-electron chi connectivity index (χ2n) is 10.1. The molecule has 1 aromatic rings. The molecular weight excluding hydrogens is 386 g/mol. The van der Waals surface area contributed by atoms with Gasteiger partial charge in [-0.25, -0.2) is 0 Å². The minimum Gasteiger partial charge on any atom is -0.385 e. The van der Waals surface area contributed by atoms with Crippen LogP contribution in [0.4, 0.5) is 5.69 Å². The van der Waals surface area contributed by atoms with E-state index in [-0.39, 0.29) is 0 Å². The molecule has 0 saturated heterocycles. The van der Waals surface area contributed by atoms with Crippen LogP contribution in [0.2, 0.25) is 0 Å². The molecule has 1 nitrogen and oxygen atoms in total. The first-order chi connectivity index (χ1) is 15.9. The predicted octanol–water partition coefficient (Wildman–Crippen LogP) is 10.9. The number of nitrogens with one attached hydrogen (secondary N) is 1. The maximum absolute atomic E-state index is 3.61. The van der Waals surface area contributed by atoms with Gasteiger partial charge in [-0.1, -0.05) is 148 Å². The molecule has 186 valence electrons. The molecule has 1 heteroatoms. The van der Waals surface area contributed by atoms with E-state index in [1.807, 2.05) is 0 Å². The van der Waals surface area contributed by atoms with E-state index in [0.29, 0.717) is 0 Å². The van der Waals surface area contributed by atoms with Crippen LogP contribution in [0, 0.1) is 0 Å². The normalized spacial score (nSPS) is 11.2. The van der Waals surface area contributed by atoms with Gasteiger partial charge >= 0.3 is 0 Å². The summed E-state index contributed by atoms with van der Waals surface area (Å²) in [5.41, 5.74) is 2.80. The summed E-state index contributed by atoms with van der Waals surface area (Å²) in [5.74, 6) is 0. The van der Waals surface area contributed by atoms with Crippen molar-refractivity contribution in [1.29, 1.82) is 0 Å². The molecule has 0 amide bonds. The van der Waals surface area contributed by atoms with E-state index in [9.17, 15) is 0 Å². The van der Waals surface area contributed by atoms with Crippen LogP contribution in [0.15, 0.2) is 24.3 Å². The van der Waals surface area contributed by atoms with Crippen LogP contribution in [-0.4, -0.2) is 6.54 Å². The number of aryl methyl sites for hydroxylation is 1. The highest BCUT2D eigenvalue weighted by atomic mass is 14.9. The Morgan fingerprint density at radius 3 is 1.25 bits per heavy atom. The Morgan fingerprint density at radius 1 is 0.438 bits per heavy atom.